The van der Waals surface area contributed by atoms with Gasteiger partial charge in [-0.25, -0.2) is 4.39 Å². The summed E-state index contributed by atoms with van der Waals surface area (Å²) in [6.07, 6.45) is 2.78. The topological polar surface area (TPSA) is 20.2 Å². The van der Waals surface area contributed by atoms with Gasteiger partial charge in [-0.3, -0.25) is 0 Å². The molecule has 1 unspecified atom stereocenters. The minimum Gasteiger partial charge on any atom is -0.393 e. The number of halogens is 1. The van der Waals surface area contributed by atoms with Crippen molar-refractivity contribution < 1.29 is 9.50 Å². The third kappa shape index (κ3) is 2.05. The van der Waals surface area contributed by atoms with Gasteiger partial charge in [-0.15, -0.1) is 0 Å². The van der Waals surface area contributed by atoms with E-state index in [-0.39, 0.29) is 17.3 Å². The molecule has 2 rings (SSSR count). The minimum absolute atomic E-state index is 0.0720. The van der Waals surface area contributed by atoms with Crippen LogP contribution in [-0.4, -0.2) is 11.2 Å². The van der Waals surface area contributed by atoms with Crippen molar-refractivity contribution >= 4 is 0 Å². The van der Waals surface area contributed by atoms with Crippen LogP contribution in [0.5, 0.6) is 0 Å². The molecule has 1 aromatic carbocycles. The lowest BCUT2D eigenvalue weighted by Gasteiger charge is -2.19. The van der Waals surface area contributed by atoms with E-state index in [9.17, 15) is 9.50 Å². The van der Waals surface area contributed by atoms with Gasteiger partial charge in [-0.1, -0.05) is 6.07 Å². The largest absolute Gasteiger partial charge is 0.393 e. The molecule has 2 heteroatoms. The number of rotatable bonds is 3. The highest BCUT2D eigenvalue weighted by atomic mass is 19.1. The SMILES string of the molecule is Cc1cc(F)ccc1CC1(C(C)O)CC1. The van der Waals surface area contributed by atoms with E-state index in [4.69, 9.17) is 0 Å². The van der Waals surface area contributed by atoms with E-state index in [0.717, 1.165) is 30.4 Å². The average Bonchev–Trinajstić information content (AvgIpc) is 2.91. The van der Waals surface area contributed by atoms with Crippen molar-refractivity contribution in [2.75, 3.05) is 0 Å². The molecule has 0 bridgehead atoms. The molecular formula is C13H17FO. The molecule has 0 saturated heterocycles. The molecule has 0 spiro atoms. The van der Waals surface area contributed by atoms with Crippen molar-refractivity contribution in [2.45, 2.75) is 39.2 Å². The number of aliphatic hydroxyl groups is 1. The second kappa shape index (κ2) is 3.60. The summed E-state index contributed by atoms with van der Waals surface area (Å²) < 4.78 is 12.9. The maximum Gasteiger partial charge on any atom is 0.123 e. The molecule has 0 amide bonds. The molecule has 82 valence electrons. The first-order valence-electron chi connectivity index (χ1n) is 5.47. The molecule has 1 atom stereocenters. The molecule has 1 fully saturated rings. The molecule has 1 aromatic rings. The predicted molar refractivity (Wildman–Crippen MR) is 58.2 cm³/mol. The summed E-state index contributed by atoms with van der Waals surface area (Å²) in [5.41, 5.74) is 2.22. The monoisotopic (exact) mass is 208 g/mol. The Balaban J connectivity index is 2.18. The second-order valence-electron chi connectivity index (χ2n) is 4.79. The van der Waals surface area contributed by atoms with Crippen LogP contribution in [0.3, 0.4) is 0 Å². The molecule has 1 aliphatic rings. The van der Waals surface area contributed by atoms with Gasteiger partial charge in [0.05, 0.1) is 6.10 Å². The Morgan fingerprint density at radius 2 is 2.13 bits per heavy atom. The van der Waals surface area contributed by atoms with Crippen molar-refractivity contribution in [1.29, 1.82) is 0 Å². The molecular weight excluding hydrogens is 191 g/mol. The van der Waals surface area contributed by atoms with Crippen LogP contribution in [0.4, 0.5) is 4.39 Å². The Hall–Kier alpha value is -0.890. The quantitative estimate of drug-likeness (QED) is 0.809. The molecule has 1 aliphatic carbocycles. The van der Waals surface area contributed by atoms with Crippen molar-refractivity contribution in [3.05, 3.63) is 35.1 Å². The van der Waals surface area contributed by atoms with Gasteiger partial charge in [0.25, 0.3) is 0 Å². The van der Waals surface area contributed by atoms with E-state index < -0.39 is 0 Å². The predicted octanol–water partition coefficient (Wildman–Crippen LogP) is 2.84. The first kappa shape index (κ1) is 10.6. The number of hydrogen-bond acceptors (Lipinski definition) is 1. The smallest absolute Gasteiger partial charge is 0.123 e. The first-order valence-corrected chi connectivity index (χ1v) is 5.47. The van der Waals surface area contributed by atoms with Crippen molar-refractivity contribution in [3.63, 3.8) is 0 Å². The molecule has 1 nitrogen and oxygen atoms in total. The maximum absolute atomic E-state index is 12.9. The highest BCUT2D eigenvalue weighted by molar-refractivity contribution is 5.29. The van der Waals surface area contributed by atoms with E-state index >= 15 is 0 Å². The fraction of sp³-hybridized carbons (Fsp3) is 0.538. The summed E-state index contributed by atoms with van der Waals surface area (Å²) in [4.78, 5) is 0. The van der Waals surface area contributed by atoms with Crippen molar-refractivity contribution in [1.82, 2.24) is 0 Å². The zero-order valence-corrected chi connectivity index (χ0v) is 9.26. The summed E-state index contributed by atoms with van der Waals surface area (Å²) in [6.45, 7) is 3.78. The fourth-order valence-electron chi connectivity index (χ4n) is 2.14. The third-order valence-corrected chi connectivity index (χ3v) is 3.63. The Bertz CT molecular complexity index is 367. The normalized spacial score (nSPS) is 20.0. The van der Waals surface area contributed by atoms with Crippen LogP contribution < -0.4 is 0 Å². The third-order valence-electron chi connectivity index (χ3n) is 3.63. The van der Waals surface area contributed by atoms with Crippen molar-refractivity contribution in [2.24, 2.45) is 5.41 Å². The lowest BCUT2D eigenvalue weighted by Crippen LogP contribution is -2.21. The van der Waals surface area contributed by atoms with Gasteiger partial charge in [0, 0.05) is 5.41 Å². The number of benzene rings is 1. The summed E-state index contributed by atoms with van der Waals surface area (Å²) >= 11 is 0. The van der Waals surface area contributed by atoms with Crippen LogP contribution in [0.1, 0.15) is 30.9 Å². The number of aliphatic hydroxyl groups excluding tert-OH is 1. The van der Waals surface area contributed by atoms with Crippen LogP contribution >= 0.6 is 0 Å². The summed E-state index contributed by atoms with van der Waals surface area (Å²) in [5, 5.41) is 9.68. The Morgan fingerprint density at radius 3 is 2.60 bits per heavy atom. The average molecular weight is 208 g/mol. The summed E-state index contributed by atoms with van der Waals surface area (Å²) in [5.74, 6) is -0.182. The van der Waals surface area contributed by atoms with Gasteiger partial charge < -0.3 is 5.11 Å². The fourth-order valence-corrected chi connectivity index (χ4v) is 2.14. The van der Waals surface area contributed by atoms with Crippen LogP contribution in [0.25, 0.3) is 0 Å². The van der Waals surface area contributed by atoms with Crippen LogP contribution in [0.2, 0.25) is 0 Å². The standard InChI is InChI=1S/C13H17FO/c1-9-7-12(14)4-3-11(9)8-13(5-6-13)10(2)15/h3-4,7,10,15H,5-6,8H2,1-2H3. The summed E-state index contributed by atoms with van der Waals surface area (Å²) in [7, 11) is 0. The van der Waals surface area contributed by atoms with Crippen LogP contribution in [0.15, 0.2) is 18.2 Å². The van der Waals surface area contributed by atoms with Gasteiger partial charge >= 0.3 is 0 Å². The van der Waals surface area contributed by atoms with Gasteiger partial charge in [0.1, 0.15) is 5.82 Å². The highest BCUT2D eigenvalue weighted by Gasteiger charge is 2.46. The van der Waals surface area contributed by atoms with Gasteiger partial charge in [0.2, 0.25) is 0 Å². The van der Waals surface area contributed by atoms with E-state index in [2.05, 4.69) is 0 Å². The molecule has 15 heavy (non-hydrogen) atoms. The van der Waals surface area contributed by atoms with Gasteiger partial charge in [0.15, 0.2) is 0 Å². The van der Waals surface area contributed by atoms with E-state index in [1.807, 2.05) is 19.9 Å². The molecule has 0 aliphatic heterocycles. The Labute approximate surface area is 89.9 Å². The van der Waals surface area contributed by atoms with Gasteiger partial charge in [-0.2, -0.15) is 0 Å². The minimum atomic E-state index is -0.262. The van der Waals surface area contributed by atoms with Crippen LogP contribution in [0, 0.1) is 18.2 Å². The zero-order chi connectivity index (χ0) is 11.1. The highest BCUT2D eigenvalue weighted by Crippen LogP contribution is 2.51. The van der Waals surface area contributed by atoms with Gasteiger partial charge in [-0.05, 0) is 56.4 Å². The zero-order valence-electron chi connectivity index (χ0n) is 9.26. The van der Waals surface area contributed by atoms with E-state index in [1.54, 1.807) is 6.07 Å². The van der Waals surface area contributed by atoms with E-state index in [0.29, 0.717) is 0 Å². The Morgan fingerprint density at radius 1 is 1.47 bits per heavy atom. The molecule has 1 N–H and O–H groups in total. The maximum atomic E-state index is 12.9. The molecule has 0 radical (unpaired) electrons. The molecule has 1 saturated carbocycles. The molecule has 0 aromatic heterocycles. The lowest BCUT2D eigenvalue weighted by molar-refractivity contribution is 0.110. The first-order chi connectivity index (χ1) is 7.03. The number of hydrogen-bond donors (Lipinski definition) is 1. The Kier molecular flexibility index (Phi) is 2.55. The lowest BCUT2D eigenvalue weighted by atomic mass is 9.90. The van der Waals surface area contributed by atoms with E-state index in [1.165, 1.54) is 6.07 Å². The summed E-state index contributed by atoms with van der Waals surface area (Å²) in [6, 6.07) is 4.90. The van der Waals surface area contributed by atoms with Crippen molar-refractivity contribution in [3.8, 4) is 0 Å². The number of aryl methyl sites for hydroxylation is 1. The second-order valence-corrected chi connectivity index (χ2v) is 4.79. The van der Waals surface area contributed by atoms with Crippen LogP contribution in [-0.2, 0) is 6.42 Å². The molecule has 0 heterocycles.